The predicted molar refractivity (Wildman–Crippen MR) is 112 cm³/mol. The second-order valence-electron chi connectivity index (χ2n) is 7.78. The zero-order valence-electron chi connectivity index (χ0n) is 17.0. The highest BCUT2D eigenvalue weighted by Gasteiger charge is 2.25. The molecule has 1 atom stereocenters. The first kappa shape index (κ1) is 20.5. The van der Waals surface area contributed by atoms with E-state index in [2.05, 4.69) is 10.2 Å². The molecule has 30 heavy (non-hydrogen) atoms. The van der Waals surface area contributed by atoms with Crippen LogP contribution >= 0.6 is 0 Å². The van der Waals surface area contributed by atoms with Crippen molar-refractivity contribution in [2.75, 3.05) is 32.9 Å². The minimum absolute atomic E-state index is 0.0848. The Kier molecular flexibility index (Phi) is 6.71. The summed E-state index contributed by atoms with van der Waals surface area (Å²) < 4.78 is 17.8. The molecule has 1 saturated heterocycles. The number of benzene rings is 2. The molecular formula is C23H28N2O5. The van der Waals surface area contributed by atoms with Crippen LogP contribution in [0.2, 0.25) is 0 Å². The third-order valence-corrected chi connectivity index (χ3v) is 5.53. The van der Waals surface area contributed by atoms with E-state index in [0.717, 1.165) is 36.8 Å². The Hall–Kier alpha value is -2.77. The van der Waals surface area contributed by atoms with Crippen LogP contribution < -0.4 is 19.5 Å². The number of carbonyl (C=O) groups is 1. The summed E-state index contributed by atoms with van der Waals surface area (Å²) in [5.74, 6) is 1.29. The Morgan fingerprint density at radius 3 is 2.70 bits per heavy atom. The molecule has 160 valence electrons. The Balaban J connectivity index is 1.22. The van der Waals surface area contributed by atoms with Crippen molar-refractivity contribution in [2.45, 2.75) is 25.6 Å². The van der Waals surface area contributed by atoms with Gasteiger partial charge in [0.1, 0.15) is 25.1 Å². The molecule has 0 bridgehead atoms. The fourth-order valence-electron chi connectivity index (χ4n) is 3.75. The lowest BCUT2D eigenvalue weighted by atomic mass is 9.97. The number of rotatable bonds is 8. The maximum atomic E-state index is 11.0. The van der Waals surface area contributed by atoms with E-state index in [1.54, 1.807) is 0 Å². The maximum Gasteiger partial charge on any atom is 0.306 e. The second-order valence-corrected chi connectivity index (χ2v) is 7.78. The highest BCUT2D eigenvalue weighted by atomic mass is 16.6. The SMILES string of the molecule is O=C(O)C1CCN(CNC[C@@H]2COc3ccc(OCc4ccccc4)cc3O2)CC1. The minimum atomic E-state index is -0.679. The van der Waals surface area contributed by atoms with Crippen LogP contribution in [0, 0.1) is 5.92 Å². The third-order valence-electron chi connectivity index (χ3n) is 5.53. The summed E-state index contributed by atoms with van der Waals surface area (Å²) in [6.45, 7) is 3.98. The van der Waals surface area contributed by atoms with Gasteiger partial charge in [-0.15, -0.1) is 0 Å². The number of hydrogen-bond donors (Lipinski definition) is 2. The van der Waals surface area contributed by atoms with Gasteiger partial charge in [0.25, 0.3) is 0 Å². The van der Waals surface area contributed by atoms with E-state index >= 15 is 0 Å². The van der Waals surface area contributed by atoms with Crippen LogP contribution in [0.3, 0.4) is 0 Å². The summed E-state index contributed by atoms with van der Waals surface area (Å²) in [5, 5.41) is 12.5. The smallest absolute Gasteiger partial charge is 0.306 e. The molecule has 0 aromatic heterocycles. The molecule has 2 heterocycles. The van der Waals surface area contributed by atoms with E-state index in [4.69, 9.17) is 19.3 Å². The Labute approximate surface area is 176 Å². The largest absolute Gasteiger partial charge is 0.489 e. The van der Waals surface area contributed by atoms with Crippen molar-refractivity contribution >= 4 is 5.97 Å². The topological polar surface area (TPSA) is 80.3 Å². The molecule has 0 unspecified atom stereocenters. The van der Waals surface area contributed by atoms with Crippen LogP contribution in [0.15, 0.2) is 48.5 Å². The second kappa shape index (κ2) is 9.82. The van der Waals surface area contributed by atoms with Gasteiger partial charge in [-0.05, 0) is 30.5 Å². The summed E-state index contributed by atoms with van der Waals surface area (Å²) >= 11 is 0. The number of hydrogen-bond acceptors (Lipinski definition) is 6. The van der Waals surface area contributed by atoms with Gasteiger partial charge >= 0.3 is 5.97 Å². The lowest BCUT2D eigenvalue weighted by Gasteiger charge is -2.31. The summed E-state index contributed by atoms with van der Waals surface area (Å²) in [7, 11) is 0. The van der Waals surface area contributed by atoms with Crippen LogP contribution in [-0.4, -0.2) is 55.0 Å². The van der Waals surface area contributed by atoms with Gasteiger partial charge in [0.05, 0.1) is 5.92 Å². The molecule has 7 heteroatoms. The lowest BCUT2D eigenvalue weighted by Crippen LogP contribution is -2.45. The van der Waals surface area contributed by atoms with Gasteiger partial charge in [0.15, 0.2) is 11.5 Å². The summed E-state index contributed by atoms with van der Waals surface area (Å²) in [6, 6.07) is 15.7. The van der Waals surface area contributed by atoms with E-state index in [1.165, 1.54) is 0 Å². The quantitative estimate of drug-likeness (QED) is 0.690. The number of ether oxygens (including phenoxy) is 3. The first-order valence-electron chi connectivity index (χ1n) is 10.4. The highest BCUT2D eigenvalue weighted by Crippen LogP contribution is 2.35. The van der Waals surface area contributed by atoms with E-state index in [0.29, 0.717) is 38.3 Å². The van der Waals surface area contributed by atoms with Gasteiger partial charge in [-0.3, -0.25) is 9.69 Å². The molecule has 0 saturated carbocycles. The molecule has 0 radical (unpaired) electrons. The third kappa shape index (κ3) is 5.43. The molecule has 0 spiro atoms. The number of piperidine rings is 1. The number of likely N-dealkylation sites (tertiary alicyclic amines) is 1. The molecule has 7 nitrogen and oxygen atoms in total. The Bertz CT molecular complexity index is 837. The molecule has 0 amide bonds. The minimum Gasteiger partial charge on any atom is -0.489 e. The first-order valence-corrected chi connectivity index (χ1v) is 10.4. The standard InChI is InChI=1S/C23H28N2O5/c26-23(27)18-8-10-25(11-9-18)16-24-13-20-15-29-21-7-6-19(12-22(21)30-20)28-14-17-4-2-1-3-5-17/h1-7,12,18,20,24H,8-11,13-16H2,(H,26,27)/t20-/m1/s1. The number of nitrogens with zero attached hydrogens (tertiary/aromatic N) is 1. The summed E-state index contributed by atoms with van der Waals surface area (Å²) in [6.07, 6.45) is 1.33. The average molecular weight is 412 g/mol. The number of carboxylic acids is 1. The molecule has 0 aliphatic carbocycles. The molecule has 2 N–H and O–H groups in total. The van der Waals surface area contributed by atoms with Gasteiger partial charge in [-0.1, -0.05) is 30.3 Å². The van der Waals surface area contributed by atoms with Crippen LogP contribution in [0.25, 0.3) is 0 Å². The van der Waals surface area contributed by atoms with Crippen molar-refractivity contribution in [1.29, 1.82) is 0 Å². The number of nitrogens with one attached hydrogen (secondary N) is 1. The summed E-state index contributed by atoms with van der Waals surface area (Å²) in [4.78, 5) is 13.3. The van der Waals surface area contributed by atoms with Crippen molar-refractivity contribution in [1.82, 2.24) is 10.2 Å². The fourth-order valence-corrected chi connectivity index (χ4v) is 3.75. The van der Waals surface area contributed by atoms with Gasteiger partial charge < -0.3 is 24.6 Å². The van der Waals surface area contributed by atoms with Crippen molar-refractivity contribution in [3.8, 4) is 17.2 Å². The molecule has 2 aliphatic heterocycles. The summed E-state index contributed by atoms with van der Waals surface area (Å²) in [5.41, 5.74) is 1.11. The van der Waals surface area contributed by atoms with Crippen LogP contribution in [0.4, 0.5) is 0 Å². The highest BCUT2D eigenvalue weighted by molar-refractivity contribution is 5.70. The molecule has 2 aromatic rings. The fraction of sp³-hybridized carbons (Fsp3) is 0.435. The number of aliphatic carboxylic acids is 1. The van der Waals surface area contributed by atoms with E-state index in [-0.39, 0.29) is 12.0 Å². The van der Waals surface area contributed by atoms with Crippen LogP contribution in [-0.2, 0) is 11.4 Å². The Morgan fingerprint density at radius 2 is 1.93 bits per heavy atom. The molecule has 1 fully saturated rings. The number of carboxylic acid groups (broad SMARTS) is 1. The monoisotopic (exact) mass is 412 g/mol. The molecule has 4 rings (SSSR count). The van der Waals surface area contributed by atoms with Gasteiger partial charge in [-0.2, -0.15) is 0 Å². The molecule has 2 aliphatic rings. The Morgan fingerprint density at radius 1 is 1.13 bits per heavy atom. The zero-order valence-corrected chi connectivity index (χ0v) is 17.0. The van der Waals surface area contributed by atoms with Crippen LogP contribution in [0.5, 0.6) is 17.2 Å². The van der Waals surface area contributed by atoms with Crippen molar-refractivity contribution in [3.05, 3.63) is 54.1 Å². The van der Waals surface area contributed by atoms with Gasteiger partial charge in [0, 0.05) is 32.4 Å². The predicted octanol–water partition coefficient (Wildman–Crippen LogP) is 2.75. The van der Waals surface area contributed by atoms with E-state index < -0.39 is 5.97 Å². The molecular weight excluding hydrogens is 384 g/mol. The zero-order chi connectivity index (χ0) is 20.8. The normalized spacial score (nSPS) is 19.4. The average Bonchev–Trinajstić information content (AvgIpc) is 2.78. The lowest BCUT2D eigenvalue weighted by molar-refractivity contribution is -0.143. The van der Waals surface area contributed by atoms with E-state index in [1.807, 2.05) is 48.5 Å². The molecule has 2 aromatic carbocycles. The van der Waals surface area contributed by atoms with Gasteiger partial charge in [0.2, 0.25) is 0 Å². The van der Waals surface area contributed by atoms with Crippen molar-refractivity contribution in [2.24, 2.45) is 5.92 Å². The maximum absolute atomic E-state index is 11.0. The van der Waals surface area contributed by atoms with Crippen molar-refractivity contribution < 1.29 is 24.1 Å². The van der Waals surface area contributed by atoms with Crippen LogP contribution in [0.1, 0.15) is 18.4 Å². The van der Waals surface area contributed by atoms with Crippen molar-refractivity contribution in [3.63, 3.8) is 0 Å². The van der Waals surface area contributed by atoms with E-state index in [9.17, 15) is 4.79 Å². The number of fused-ring (bicyclic) bond motifs is 1. The first-order chi connectivity index (χ1) is 14.7. The van der Waals surface area contributed by atoms with Gasteiger partial charge in [-0.25, -0.2) is 0 Å².